The van der Waals surface area contributed by atoms with Crippen LogP contribution in [0.3, 0.4) is 0 Å². The van der Waals surface area contributed by atoms with Crippen molar-refractivity contribution >= 4 is 23.2 Å². The van der Waals surface area contributed by atoms with Gasteiger partial charge in [0.1, 0.15) is 18.2 Å². The summed E-state index contributed by atoms with van der Waals surface area (Å²) in [6.45, 7) is 4.74. The van der Waals surface area contributed by atoms with Crippen molar-refractivity contribution in [2.24, 2.45) is 0 Å². The number of carbonyl (C=O) groups is 2. The van der Waals surface area contributed by atoms with Gasteiger partial charge in [0.05, 0.1) is 17.2 Å². The molecule has 8 heteroatoms. The van der Waals surface area contributed by atoms with E-state index in [4.69, 9.17) is 4.74 Å². The third kappa shape index (κ3) is 6.62. The zero-order valence-corrected chi connectivity index (χ0v) is 18.2. The maximum Gasteiger partial charge on any atom is 0.254 e. The molecule has 0 unspecified atom stereocenters. The van der Waals surface area contributed by atoms with E-state index >= 15 is 0 Å². The van der Waals surface area contributed by atoms with Crippen molar-refractivity contribution < 1.29 is 18.7 Å². The number of hydrogen-bond acceptors (Lipinski definition) is 5. The number of halogens is 1. The number of thiazole rings is 1. The summed E-state index contributed by atoms with van der Waals surface area (Å²) in [6, 6.07) is 12.7. The molecule has 0 aliphatic heterocycles. The molecule has 1 heterocycles. The normalized spacial score (nSPS) is 10.5. The summed E-state index contributed by atoms with van der Waals surface area (Å²) in [5.74, 6) is -0.200. The lowest BCUT2D eigenvalue weighted by Gasteiger charge is -2.20. The Morgan fingerprint density at radius 3 is 2.45 bits per heavy atom. The Hall–Kier alpha value is -3.26. The van der Waals surface area contributed by atoms with Gasteiger partial charge in [0.25, 0.3) is 5.91 Å². The van der Waals surface area contributed by atoms with Crippen LogP contribution in [0.2, 0.25) is 0 Å². The van der Waals surface area contributed by atoms with Crippen LogP contribution in [0.5, 0.6) is 5.75 Å². The van der Waals surface area contributed by atoms with Crippen molar-refractivity contribution in [2.45, 2.75) is 27.0 Å². The van der Waals surface area contributed by atoms with Gasteiger partial charge >= 0.3 is 0 Å². The molecule has 0 radical (unpaired) electrons. The average molecular weight is 442 g/mol. The summed E-state index contributed by atoms with van der Waals surface area (Å²) < 4.78 is 18.7. The molecular weight excluding hydrogens is 417 g/mol. The summed E-state index contributed by atoms with van der Waals surface area (Å²) in [5.41, 5.74) is 2.13. The predicted molar refractivity (Wildman–Crippen MR) is 117 cm³/mol. The number of aryl methyl sites for hydroxylation is 1. The van der Waals surface area contributed by atoms with Gasteiger partial charge in [0.15, 0.2) is 0 Å². The van der Waals surface area contributed by atoms with E-state index in [1.807, 2.05) is 19.2 Å². The van der Waals surface area contributed by atoms with Crippen molar-refractivity contribution in [1.82, 2.24) is 15.2 Å². The second-order valence-electron chi connectivity index (χ2n) is 6.89. The molecule has 162 valence electrons. The van der Waals surface area contributed by atoms with Gasteiger partial charge in [0, 0.05) is 24.0 Å². The predicted octanol–water partition coefficient (Wildman–Crippen LogP) is 3.95. The maximum absolute atomic E-state index is 13.0. The Morgan fingerprint density at radius 2 is 1.84 bits per heavy atom. The van der Waals surface area contributed by atoms with Crippen LogP contribution in [-0.4, -0.2) is 34.8 Å². The first-order valence-corrected chi connectivity index (χ1v) is 10.8. The molecule has 1 N–H and O–H groups in total. The van der Waals surface area contributed by atoms with E-state index in [1.54, 1.807) is 47.7 Å². The summed E-state index contributed by atoms with van der Waals surface area (Å²) in [4.78, 5) is 30.8. The van der Waals surface area contributed by atoms with Gasteiger partial charge in [-0.05, 0) is 55.8 Å². The minimum absolute atomic E-state index is 0.0576. The Kier molecular flexibility index (Phi) is 7.72. The minimum atomic E-state index is -0.326. The van der Waals surface area contributed by atoms with Crippen LogP contribution in [-0.2, 0) is 17.9 Å². The topological polar surface area (TPSA) is 71.5 Å². The molecule has 0 bridgehead atoms. The van der Waals surface area contributed by atoms with E-state index in [0.717, 1.165) is 16.3 Å². The van der Waals surface area contributed by atoms with Crippen LogP contribution in [0.1, 0.15) is 33.5 Å². The van der Waals surface area contributed by atoms with Crippen LogP contribution in [0, 0.1) is 12.7 Å². The smallest absolute Gasteiger partial charge is 0.254 e. The average Bonchev–Trinajstić information content (AvgIpc) is 3.20. The largest absolute Gasteiger partial charge is 0.487 e. The number of amides is 2. The number of ether oxygens (including phenoxy) is 1. The van der Waals surface area contributed by atoms with E-state index in [9.17, 15) is 14.0 Å². The SMILES string of the molecule is CCN(CC(=O)NCc1ccc(F)cc1)C(=O)c1ccc(OCc2csc(C)n2)cc1. The molecule has 0 aliphatic rings. The Balaban J connectivity index is 1.51. The van der Waals surface area contributed by atoms with E-state index in [0.29, 0.717) is 24.5 Å². The minimum Gasteiger partial charge on any atom is -0.487 e. The molecule has 1 aromatic heterocycles. The van der Waals surface area contributed by atoms with Crippen molar-refractivity contribution in [3.05, 3.63) is 81.6 Å². The molecule has 6 nitrogen and oxygen atoms in total. The number of benzene rings is 2. The third-order valence-corrected chi connectivity index (χ3v) is 5.38. The highest BCUT2D eigenvalue weighted by molar-refractivity contribution is 7.09. The van der Waals surface area contributed by atoms with Gasteiger partial charge in [-0.1, -0.05) is 12.1 Å². The molecule has 0 aliphatic carbocycles. The molecule has 0 spiro atoms. The molecule has 0 fully saturated rings. The van der Waals surface area contributed by atoms with Gasteiger partial charge in [-0.15, -0.1) is 11.3 Å². The molecular formula is C23H24FN3O3S. The molecule has 31 heavy (non-hydrogen) atoms. The lowest BCUT2D eigenvalue weighted by atomic mass is 10.2. The lowest BCUT2D eigenvalue weighted by molar-refractivity contribution is -0.121. The molecule has 0 saturated carbocycles. The van der Waals surface area contributed by atoms with Crippen LogP contribution < -0.4 is 10.1 Å². The van der Waals surface area contributed by atoms with Crippen LogP contribution in [0.25, 0.3) is 0 Å². The zero-order valence-electron chi connectivity index (χ0n) is 17.4. The van der Waals surface area contributed by atoms with E-state index < -0.39 is 0 Å². The first kappa shape index (κ1) is 22.4. The quantitative estimate of drug-likeness (QED) is 0.546. The number of nitrogens with one attached hydrogen (secondary N) is 1. The Labute approximate surface area is 184 Å². The second-order valence-corrected chi connectivity index (χ2v) is 7.96. The van der Waals surface area contributed by atoms with Gasteiger partial charge in [0.2, 0.25) is 5.91 Å². The van der Waals surface area contributed by atoms with Gasteiger partial charge < -0.3 is 15.0 Å². The summed E-state index contributed by atoms with van der Waals surface area (Å²) in [5, 5.41) is 5.69. The molecule has 0 atom stereocenters. The highest BCUT2D eigenvalue weighted by Crippen LogP contribution is 2.16. The fourth-order valence-electron chi connectivity index (χ4n) is 2.87. The van der Waals surface area contributed by atoms with E-state index in [-0.39, 0.29) is 30.7 Å². The monoisotopic (exact) mass is 441 g/mol. The lowest BCUT2D eigenvalue weighted by Crippen LogP contribution is -2.40. The van der Waals surface area contributed by atoms with Crippen LogP contribution in [0.4, 0.5) is 4.39 Å². The molecule has 3 aromatic rings. The molecule has 2 aromatic carbocycles. The zero-order chi connectivity index (χ0) is 22.2. The number of hydrogen-bond donors (Lipinski definition) is 1. The molecule has 3 rings (SSSR count). The van der Waals surface area contributed by atoms with Crippen molar-refractivity contribution in [1.29, 1.82) is 0 Å². The highest BCUT2D eigenvalue weighted by atomic mass is 32.1. The highest BCUT2D eigenvalue weighted by Gasteiger charge is 2.17. The number of carbonyl (C=O) groups excluding carboxylic acids is 2. The van der Waals surface area contributed by atoms with Crippen LogP contribution >= 0.6 is 11.3 Å². The number of likely N-dealkylation sites (N-methyl/N-ethyl adjacent to an activating group) is 1. The van der Waals surface area contributed by atoms with Crippen molar-refractivity contribution in [3.8, 4) is 5.75 Å². The Morgan fingerprint density at radius 1 is 1.13 bits per heavy atom. The maximum atomic E-state index is 13.0. The number of nitrogens with zero attached hydrogens (tertiary/aromatic N) is 2. The third-order valence-electron chi connectivity index (χ3n) is 4.56. The van der Waals surface area contributed by atoms with Gasteiger partial charge in [-0.3, -0.25) is 9.59 Å². The summed E-state index contributed by atoms with van der Waals surface area (Å²) >= 11 is 1.57. The first-order valence-electron chi connectivity index (χ1n) is 9.89. The van der Waals surface area contributed by atoms with Crippen molar-refractivity contribution in [3.63, 3.8) is 0 Å². The second kappa shape index (κ2) is 10.7. The first-order chi connectivity index (χ1) is 14.9. The Bertz CT molecular complexity index is 1020. The van der Waals surface area contributed by atoms with E-state index in [2.05, 4.69) is 10.3 Å². The molecule has 0 saturated heterocycles. The van der Waals surface area contributed by atoms with Gasteiger partial charge in [-0.25, -0.2) is 9.37 Å². The van der Waals surface area contributed by atoms with Crippen LogP contribution in [0.15, 0.2) is 53.9 Å². The van der Waals surface area contributed by atoms with E-state index in [1.165, 1.54) is 17.0 Å². The van der Waals surface area contributed by atoms with Gasteiger partial charge in [-0.2, -0.15) is 0 Å². The fraction of sp³-hybridized carbons (Fsp3) is 0.261. The molecule has 2 amide bonds. The fourth-order valence-corrected chi connectivity index (χ4v) is 3.46. The summed E-state index contributed by atoms with van der Waals surface area (Å²) in [7, 11) is 0. The summed E-state index contributed by atoms with van der Waals surface area (Å²) in [6.07, 6.45) is 0. The van der Waals surface area contributed by atoms with Crippen molar-refractivity contribution in [2.75, 3.05) is 13.1 Å². The number of rotatable bonds is 9. The standard InChI is InChI=1S/C23H24FN3O3S/c1-3-27(13-22(28)25-12-17-4-8-19(24)9-5-17)23(29)18-6-10-21(11-7-18)30-14-20-15-31-16(2)26-20/h4-11,15H,3,12-14H2,1-2H3,(H,25,28). The number of aromatic nitrogens is 1.